The summed E-state index contributed by atoms with van der Waals surface area (Å²) in [5, 5.41) is 8.82. The van der Waals surface area contributed by atoms with Gasteiger partial charge >= 0.3 is 6.03 Å². The van der Waals surface area contributed by atoms with E-state index in [2.05, 4.69) is 20.9 Å². The Kier molecular flexibility index (Phi) is 6.84. The van der Waals surface area contributed by atoms with Crippen LogP contribution in [0.15, 0.2) is 48.8 Å². The van der Waals surface area contributed by atoms with Crippen molar-refractivity contribution in [1.29, 1.82) is 0 Å². The van der Waals surface area contributed by atoms with Crippen LogP contribution in [-0.2, 0) is 11.3 Å². The van der Waals surface area contributed by atoms with Crippen molar-refractivity contribution in [3.8, 4) is 0 Å². The van der Waals surface area contributed by atoms with Crippen LogP contribution in [0, 0.1) is 0 Å². The second-order valence-electron chi connectivity index (χ2n) is 6.99. The van der Waals surface area contributed by atoms with E-state index < -0.39 is 6.04 Å². The van der Waals surface area contributed by atoms with Gasteiger partial charge in [0.2, 0.25) is 5.91 Å². The molecule has 1 atom stereocenters. The van der Waals surface area contributed by atoms with Crippen molar-refractivity contribution in [2.75, 3.05) is 18.4 Å². The van der Waals surface area contributed by atoms with Crippen LogP contribution >= 0.6 is 0 Å². The molecule has 3 rings (SSSR count). The van der Waals surface area contributed by atoms with Crippen molar-refractivity contribution in [3.63, 3.8) is 0 Å². The standard InChI is InChI=1S/C21H27N5O2/c1-16(20(27)26-13-3-2-4-14-26)24-21(28)23-15-17-5-7-18(8-6-17)25-19-9-11-22-12-10-19/h5-12,16H,2-4,13-15H2,1H3,(H,22,25)(H2,23,24,28)/t16-/m0/s1. The molecule has 0 unspecified atom stereocenters. The van der Waals surface area contributed by atoms with Crippen LogP contribution in [-0.4, -0.2) is 41.0 Å². The quantitative estimate of drug-likeness (QED) is 0.718. The maximum absolute atomic E-state index is 12.4. The number of piperidine rings is 1. The summed E-state index contributed by atoms with van der Waals surface area (Å²) in [6.45, 7) is 3.70. The highest BCUT2D eigenvalue weighted by Crippen LogP contribution is 2.16. The maximum atomic E-state index is 12.4. The predicted octanol–water partition coefficient (Wildman–Crippen LogP) is 3.03. The summed E-state index contributed by atoms with van der Waals surface area (Å²) in [5.41, 5.74) is 2.90. The molecule has 3 amide bonds. The number of rotatable bonds is 6. The zero-order chi connectivity index (χ0) is 19.8. The Labute approximate surface area is 165 Å². The number of aromatic nitrogens is 1. The lowest BCUT2D eigenvalue weighted by atomic mass is 10.1. The van der Waals surface area contributed by atoms with Gasteiger partial charge in [0, 0.05) is 43.4 Å². The molecule has 7 heteroatoms. The molecule has 0 spiro atoms. The molecule has 2 heterocycles. The Balaban J connectivity index is 1.43. The summed E-state index contributed by atoms with van der Waals surface area (Å²) in [7, 11) is 0. The number of benzene rings is 1. The topological polar surface area (TPSA) is 86.4 Å². The minimum atomic E-state index is -0.523. The van der Waals surface area contributed by atoms with Gasteiger partial charge in [-0.25, -0.2) is 4.79 Å². The minimum Gasteiger partial charge on any atom is -0.355 e. The first-order chi connectivity index (χ1) is 13.6. The molecule has 1 fully saturated rings. The Bertz CT molecular complexity index is 773. The van der Waals surface area contributed by atoms with Gasteiger partial charge in [0.15, 0.2) is 0 Å². The summed E-state index contributed by atoms with van der Waals surface area (Å²) >= 11 is 0. The molecule has 148 valence electrons. The van der Waals surface area contributed by atoms with Crippen molar-refractivity contribution in [2.45, 2.75) is 38.8 Å². The van der Waals surface area contributed by atoms with Gasteiger partial charge in [-0.1, -0.05) is 12.1 Å². The number of anilines is 2. The third-order valence-corrected chi connectivity index (χ3v) is 4.76. The van der Waals surface area contributed by atoms with E-state index in [9.17, 15) is 9.59 Å². The molecular formula is C21H27N5O2. The zero-order valence-corrected chi connectivity index (χ0v) is 16.1. The number of hydrogen-bond acceptors (Lipinski definition) is 4. The smallest absolute Gasteiger partial charge is 0.315 e. The zero-order valence-electron chi connectivity index (χ0n) is 16.1. The molecule has 0 bridgehead atoms. The van der Waals surface area contributed by atoms with Gasteiger partial charge in [0.25, 0.3) is 0 Å². The molecule has 1 aliphatic rings. The van der Waals surface area contributed by atoms with Gasteiger partial charge in [-0.3, -0.25) is 9.78 Å². The number of likely N-dealkylation sites (tertiary alicyclic amines) is 1. The summed E-state index contributed by atoms with van der Waals surface area (Å²) in [6, 6.07) is 10.7. The molecule has 3 N–H and O–H groups in total. The van der Waals surface area contributed by atoms with Crippen LogP contribution in [0.1, 0.15) is 31.7 Å². The minimum absolute atomic E-state index is 0.0126. The number of pyridine rings is 1. The van der Waals surface area contributed by atoms with E-state index in [0.717, 1.165) is 42.9 Å². The fourth-order valence-corrected chi connectivity index (χ4v) is 3.19. The van der Waals surface area contributed by atoms with E-state index in [1.807, 2.05) is 41.3 Å². The molecule has 1 aromatic heterocycles. The number of carbonyl (C=O) groups is 2. The number of urea groups is 1. The lowest BCUT2D eigenvalue weighted by Gasteiger charge is -2.29. The van der Waals surface area contributed by atoms with Crippen LogP contribution in [0.25, 0.3) is 0 Å². The summed E-state index contributed by atoms with van der Waals surface area (Å²) in [5.74, 6) is -0.0126. The maximum Gasteiger partial charge on any atom is 0.315 e. The van der Waals surface area contributed by atoms with E-state index in [0.29, 0.717) is 6.54 Å². The van der Waals surface area contributed by atoms with Crippen LogP contribution in [0.3, 0.4) is 0 Å². The molecule has 7 nitrogen and oxygen atoms in total. The predicted molar refractivity (Wildman–Crippen MR) is 109 cm³/mol. The van der Waals surface area contributed by atoms with Gasteiger partial charge in [-0.2, -0.15) is 0 Å². The van der Waals surface area contributed by atoms with E-state index in [1.165, 1.54) is 6.42 Å². The SMILES string of the molecule is C[C@H](NC(=O)NCc1ccc(Nc2ccncc2)cc1)C(=O)N1CCCCC1. The van der Waals surface area contributed by atoms with Gasteiger partial charge in [-0.05, 0) is 56.0 Å². The van der Waals surface area contributed by atoms with Crippen molar-refractivity contribution < 1.29 is 9.59 Å². The first-order valence-corrected chi connectivity index (χ1v) is 9.71. The molecule has 1 saturated heterocycles. The average Bonchev–Trinajstić information content (AvgIpc) is 2.74. The molecule has 0 aliphatic carbocycles. The van der Waals surface area contributed by atoms with Crippen molar-refractivity contribution in [1.82, 2.24) is 20.5 Å². The summed E-state index contributed by atoms with van der Waals surface area (Å²) in [6.07, 6.45) is 6.71. The number of carbonyl (C=O) groups excluding carboxylic acids is 2. The number of amides is 3. The van der Waals surface area contributed by atoms with Gasteiger partial charge in [-0.15, -0.1) is 0 Å². The second kappa shape index (κ2) is 9.73. The number of nitrogens with zero attached hydrogens (tertiary/aromatic N) is 2. The van der Waals surface area contributed by atoms with E-state index in [-0.39, 0.29) is 11.9 Å². The Morgan fingerprint density at radius 2 is 1.64 bits per heavy atom. The molecule has 28 heavy (non-hydrogen) atoms. The average molecular weight is 381 g/mol. The normalized spacial score (nSPS) is 14.8. The first-order valence-electron chi connectivity index (χ1n) is 9.71. The van der Waals surface area contributed by atoms with Gasteiger partial charge < -0.3 is 20.9 Å². The fourth-order valence-electron chi connectivity index (χ4n) is 3.19. The lowest BCUT2D eigenvalue weighted by Crippen LogP contribution is -2.50. The monoisotopic (exact) mass is 381 g/mol. The molecular weight excluding hydrogens is 354 g/mol. The third kappa shape index (κ3) is 5.70. The fraction of sp³-hybridized carbons (Fsp3) is 0.381. The Morgan fingerprint density at radius 3 is 2.32 bits per heavy atom. The van der Waals surface area contributed by atoms with Gasteiger partial charge in [0.1, 0.15) is 6.04 Å². The summed E-state index contributed by atoms with van der Waals surface area (Å²) in [4.78, 5) is 30.3. The van der Waals surface area contributed by atoms with Gasteiger partial charge in [0.05, 0.1) is 0 Å². The van der Waals surface area contributed by atoms with E-state index in [4.69, 9.17) is 0 Å². The van der Waals surface area contributed by atoms with Crippen LogP contribution in [0.2, 0.25) is 0 Å². The lowest BCUT2D eigenvalue weighted by molar-refractivity contribution is -0.133. The van der Waals surface area contributed by atoms with Crippen LogP contribution < -0.4 is 16.0 Å². The van der Waals surface area contributed by atoms with E-state index >= 15 is 0 Å². The second-order valence-corrected chi connectivity index (χ2v) is 6.99. The highest BCUT2D eigenvalue weighted by atomic mass is 16.2. The highest BCUT2D eigenvalue weighted by Gasteiger charge is 2.23. The Hall–Kier alpha value is -3.09. The molecule has 0 radical (unpaired) electrons. The van der Waals surface area contributed by atoms with Crippen LogP contribution in [0.4, 0.5) is 16.2 Å². The Morgan fingerprint density at radius 1 is 1.00 bits per heavy atom. The van der Waals surface area contributed by atoms with E-state index in [1.54, 1.807) is 19.3 Å². The molecule has 1 aliphatic heterocycles. The molecule has 2 aromatic rings. The number of nitrogens with one attached hydrogen (secondary N) is 3. The van der Waals surface area contributed by atoms with Crippen molar-refractivity contribution in [2.24, 2.45) is 0 Å². The van der Waals surface area contributed by atoms with Crippen LogP contribution in [0.5, 0.6) is 0 Å². The summed E-state index contributed by atoms with van der Waals surface area (Å²) < 4.78 is 0. The third-order valence-electron chi connectivity index (χ3n) is 4.76. The van der Waals surface area contributed by atoms with Crippen molar-refractivity contribution in [3.05, 3.63) is 54.4 Å². The molecule has 0 saturated carbocycles. The largest absolute Gasteiger partial charge is 0.355 e. The highest BCUT2D eigenvalue weighted by molar-refractivity contribution is 5.86. The molecule has 1 aromatic carbocycles. The first kappa shape index (κ1) is 19.7. The van der Waals surface area contributed by atoms with Crippen molar-refractivity contribution >= 4 is 23.3 Å². The number of hydrogen-bond donors (Lipinski definition) is 3.